The predicted octanol–water partition coefficient (Wildman–Crippen LogP) is 3.55. The second-order valence-corrected chi connectivity index (χ2v) is 4.77. The van der Waals surface area contributed by atoms with Gasteiger partial charge in [-0.15, -0.1) is 0 Å². The second kappa shape index (κ2) is 8.02. The van der Waals surface area contributed by atoms with Crippen LogP contribution in [0.5, 0.6) is 5.75 Å². The lowest BCUT2D eigenvalue weighted by Gasteiger charge is -2.08. The number of hydrogen-bond donors (Lipinski definition) is 2. The number of nitrogens with zero attached hydrogens (tertiary/aromatic N) is 1. The van der Waals surface area contributed by atoms with Crippen molar-refractivity contribution in [2.24, 2.45) is 0 Å². The van der Waals surface area contributed by atoms with E-state index in [1.54, 1.807) is 18.3 Å². The molecule has 116 valence electrons. The highest BCUT2D eigenvalue weighted by Gasteiger charge is 2.07. The van der Waals surface area contributed by atoms with Gasteiger partial charge in [0, 0.05) is 24.0 Å². The molecule has 5 heteroatoms. The van der Waals surface area contributed by atoms with Gasteiger partial charge in [0.1, 0.15) is 11.6 Å². The molecule has 0 aliphatic carbocycles. The number of amides is 1. The average Bonchev–Trinajstić information content (AvgIpc) is 2.55. The summed E-state index contributed by atoms with van der Waals surface area (Å²) in [5.41, 5.74) is 1.30. The molecule has 0 saturated heterocycles. The Balaban J connectivity index is 2.02. The van der Waals surface area contributed by atoms with Gasteiger partial charge in [-0.3, -0.25) is 4.79 Å². The molecule has 5 nitrogen and oxygen atoms in total. The van der Waals surface area contributed by atoms with Gasteiger partial charge in [-0.25, -0.2) is 4.98 Å². The van der Waals surface area contributed by atoms with Crippen LogP contribution in [0.3, 0.4) is 0 Å². The highest BCUT2D eigenvalue weighted by molar-refractivity contribution is 6.04. The number of anilines is 2. The van der Waals surface area contributed by atoms with Crippen molar-refractivity contribution in [2.75, 3.05) is 23.8 Å². The van der Waals surface area contributed by atoms with Crippen molar-refractivity contribution in [3.05, 3.63) is 48.2 Å². The molecule has 22 heavy (non-hydrogen) atoms. The number of carbonyl (C=O) groups excluding carboxylic acids is 1. The van der Waals surface area contributed by atoms with Crippen molar-refractivity contribution in [1.29, 1.82) is 0 Å². The highest BCUT2D eigenvalue weighted by atomic mass is 16.5. The SMILES string of the molecule is CCCNc1cc(C(=O)Nc2ccc(OCC)cc2)ccn1. The topological polar surface area (TPSA) is 63.2 Å². The summed E-state index contributed by atoms with van der Waals surface area (Å²) in [6.45, 7) is 5.46. The lowest BCUT2D eigenvalue weighted by atomic mass is 10.2. The lowest BCUT2D eigenvalue weighted by Crippen LogP contribution is -2.13. The first kappa shape index (κ1) is 15.8. The summed E-state index contributed by atoms with van der Waals surface area (Å²) >= 11 is 0. The fraction of sp³-hybridized carbons (Fsp3) is 0.294. The van der Waals surface area contributed by atoms with E-state index in [1.165, 1.54) is 0 Å². The van der Waals surface area contributed by atoms with E-state index in [-0.39, 0.29) is 5.91 Å². The minimum absolute atomic E-state index is 0.161. The van der Waals surface area contributed by atoms with Crippen LogP contribution in [0.15, 0.2) is 42.6 Å². The van der Waals surface area contributed by atoms with Crippen molar-refractivity contribution in [2.45, 2.75) is 20.3 Å². The highest BCUT2D eigenvalue weighted by Crippen LogP contribution is 2.17. The fourth-order valence-electron chi connectivity index (χ4n) is 1.93. The summed E-state index contributed by atoms with van der Waals surface area (Å²) in [5, 5.41) is 6.03. The number of hydrogen-bond acceptors (Lipinski definition) is 4. The molecule has 0 bridgehead atoms. The number of rotatable bonds is 7. The quantitative estimate of drug-likeness (QED) is 0.820. The van der Waals surface area contributed by atoms with Crippen LogP contribution in [0.4, 0.5) is 11.5 Å². The summed E-state index contributed by atoms with van der Waals surface area (Å²) in [6.07, 6.45) is 2.63. The summed E-state index contributed by atoms with van der Waals surface area (Å²) in [7, 11) is 0. The van der Waals surface area contributed by atoms with Crippen LogP contribution in [-0.2, 0) is 0 Å². The molecule has 1 heterocycles. The van der Waals surface area contributed by atoms with Crippen molar-refractivity contribution in [1.82, 2.24) is 4.98 Å². The Morgan fingerprint density at radius 2 is 1.95 bits per heavy atom. The molecule has 0 radical (unpaired) electrons. The van der Waals surface area contributed by atoms with E-state index in [2.05, 4.69) is 22.5 Å². The van der Waals surface area contributed by atoms with Gasteiger partial charge in [0.2, 0.25) is 0 Å². The second-order valence-electron chi connectivity index (χ2n) is 4.77. The van der Waals surface area contributed by atoms with E-state index < -0.39 is 0 Å². The van der Waals surface area contributed by atoms with Gasteiger partial charge in [0.05, 0.1) is 6.61 Å². The Morgan fingerprint density at radius 3 is 2.64 bits per heavy atom. The Hall–Kier alpha value is -2.56. The largest absolute Gasteiger partial charge is 0.494 e. The van der Waals surface area contributed by atoms with Gasteiger partial charge < -0.3 is 15.4 Å². The van der Waals surface area contributed by atoms with Crippen LogP contribution in [0, 0.1) is 0 Å². The van der Waals surface area contributed by atoms with Crippen LogP contribution in [0.1, 0.15) is 30.6 Å². The molecule has 0 aliphatic heterocycles. The third-order valence-electron chi connectivity index (χ3n) is 3.00. The van der Waals surface area contributed by atoms with Crippen LogP contribution >= 0.6 is 0 Å². The first-order valence-electron chi connectivity index (χ1n) is 7.47. The maximum absolute atomic E-state index is 12.3. The third-order valence-corrected chi connectivity index (χ3v) is 3.00. The summed E-state index contributed by atoms with van der Waals surface area (Å²) in [4.78, 5) is 16.4. The van der Waals surface area contributed by atoms with Crippen LogP contribution in [0.2, 0.25) is 0 Å². The normalized spacial score (nSPS) is 10.1. The molecule has 0 saturated carbocycles. The first-order valence-corrected chi connectivity index (χ1v) is 7.47. The molecule has 0 aliphatic rings. The smallest absolute Gasteiger partial charge is 0.255 e. The van der Waals surface area contributed by atoms with Gasteiger partial charge in [0.15, 0.2) is 0 Å². The summed E-state index contributed by atoms with van der Waals surface area (Å²) in [5.74, 6) is 1.34. The molecule has 0 atom stereocenters. The molecule has 2 aromatic rings. The molecule has 0 fully saturated rings. The van der Waals surface area contributed by atoms with Gasteiger partial charge in [-0.1, -0.05) is 6.92 Å². The third kappa shape index (κ3) is 4.48. The fourth-order valence-corrected chi connectivity index (χ4v) is 1.93. The average molecular weight is 299 g/mol. The maximum atomic E-state index is 12.3. The van der Waals surface area contributed by atoms with Crippen molar-refractivity contribution in [3.63, 3.8) is 0 Å². The molecule has 2 rings (SSSR count). The number of pyridine rings is 1. The monoisotopic (exact) mass is 299 g/mol. The van der Waals surface area contributed by atoms with E-state index in [9.17, 15) is 4.79 Å². The van der Waals surface area contributed by atoms with E-state index in [1.807, 2.05) is 31.2 Å². The van der Waals surface area contributed by atoms with Crippen molar-refractivity contribution in [3.8, 4) is 5.75 Å². The number of aromatic nitrogens is 1. The summed E-state index contributed by atoms with van der Waals surface area (Å²) in [6, 6.07) is 10.8. The summed E-state index contributed by atoms with van der Waals surface area (Å²) < 4.78 is 5.37. The first-order chi connectivity index (χ1) is 10.7. The molecule has 1 amide bonds. The van der Waals surface area contributed by atoms with Crippen molar-refractivity contribution >= 4 is 17.4 Å². The molecular weight excluding hydrogens is 278 g/mol. The molecule has 2 N–H and O–H groups in total. The predicted molar refractivity (Wildman–Crippen MR) is 88.6 cm³/mol. The number of benzene rings is 1. The van der Waals surface area contributed by atoms with Crippen LogP contribution in [0.25, 0.3) is 0 Å². The van der Waals surface area contributed by atoms with Gasteiger partial charge in [0.25, 0.3) is 5.91 Å². The molecule has 1 aromatic heterocycles. The molecule has 0 unspecified atom stereocenters. The number of carbonyl (C=O) groups is 1. The Morgan fingerprint density at radius 1 is 1.18 bits per heavy atom. The standard InChI is InChI=1S/C17H21N3O2/c1-3-10-18-16-12-13(9-11-19-16)17(21)20-14-5-7-15(8-6-14)22-4-2/h5-9,11-12H,3-4,10H2,1-2H3,(H,18,19)(H,20,21). The zero-order chi connectivity index (χ0) is 15.8. The number of nitrogens with one attached hydrogen (secondary N) is 2. The van der Waals surface area contributed by atoms with E-state index in [4.69, 9.17) is 4.74 Å². The lowest BCUT2D eigenvalue weighted by molar-refractivity contribution is 0.102. The molecule has 0 spiro atoms. The Kier molecular flexibility index (Phi) is 5.77. The van der Waals surface area contributed by atoms with Crippen molar-refractivity contribution < 1.29 is 9.53 Å². The Bertz CT molecular complexity index is 612. The Labute approximate surface area is 130 Å². The minimum Gasteiger partial charge on any atom is -0.494 e. The van der Waals surface area contributed by atoms with Gasteiger partial charge >= 0.3 is 0 Å². The molecular formula is C17H21N3O2. The van der Waals surface area contributed by atoms with Crippen LogP contribution < -0.4 is 15.4 Å². The zero-order valence-electron chi connectivity index (χ0n) is 12.9. The zero-order valence-corrected chi connectivity index (χ0v) is 12.9. The minimum atomic E-state index is -0.161. The van der Waals surface area contributed by atoms with Crippen LogP contribution in [-0.4, -0.2) is 24.0 Å². The van der Waals surface area contributed by atoms with E-state index in [0.717, 1.165) is 24.4 Å². The van der Waals surface area contributed by atoms with E-state index in [0.29, 0.717) is 18.0 Å². The van der Waals surface area contributed by atoms with E-state index >= 15 is 0 Å². The maximum Gasteiger partial charge on any atom is 0.255 e. The molecule has 1 aromatic carbocycles. The number of ether oxygens (including phenoxy) is 1. The van der Waals surface area contributed by atoms with Gasteiger partial charge in [-0.05, 0) is 49.7 Å². The van der Waals surface area contributed by atoms with Gasteiger partial charge in [-0.2, -0.15) is 0 Å².